The third-order valence-electron chi connectivity index (χ3n) is 15.7. The Kier molecular flexibility index (Phi) is 8.35. The quantitative estimate of drug-likeness (QED) is 0.166. The van der Waals surface area contributed by atoms with Crippen molar-refractivity contribution in [2.45, 2.75) is 5.41 Å². The van der Waals surface area contributed by atoms with Crippen molar-refractivity contribution in [1.29, 1.82) is 0 Å². The van der Waals surface area contributed by atoms with Crippen LogP contribution in [0.4, 0.5) is 34.1 Å². The van der Waals surface area contributed by atoms with Gasteiger partial charge in [0, 0.05) is 55.5 Å². The molecule has 2 aromatic heterocycles. The first-order chi connectivity index (χ1) is 36.2. The maximum atomic E-state index is 7.36. The van der Waals surface area contributed by atoms with Gasteiger partial charge in [-0.25, -0.2) is 0 Å². The molecule has 0 aliphatic heterocycles. The van der Waals surface area contributed by atoms with Crippen molar-refractivity contribution in [3.8, 4) is 22.3 Å². The van der Waals surface area contributed by atoms with Crippen LogP contribution in [0.25, 0.3) is 87.7 Å². The van der Waals surface area contributed by atoms with E-state index < -0.39 is 5.41 Å². The lowest BCUT2D eigenvalue weighted by Gasteiger charge is -2.32. The van der Waals surface area contributed by atoms with Gasteiger partial charge in [-0.1, -0.05) is 164 Å². The number of benzene rings is 12. The number of furan rings is 2. The highest BCUT2D eigenvalue weighted by atomic mass is 16.3. The molecule has 0 bridgehead atoms. The van der Waals surface area contributed by atoms with Crippen LogP contribution in [-0.4, -0.2) is 0 Å². The van der Waals surface area contributed by atoms with E-state index in [0.717, 1.165) is 105 Å². The van der Waals surface area contributed by atoms with Crippen LogP contribution in [0.5, 0.6) is 0 Å². The lowest BCUT2D eigenvalue weighted by molar-refractivity contribution is 0.669. The minimum absolute atomic E-state index is 0.709. The zero-order valence-electron chi connectivity index (χ0n) is 39.5. The van der Waals surface area contributed by atoms with Crippen LogP contribution >= 0.6 is 0 Å². The van der Waals surface area contributed by atoms with E-state index in [-0.39, 0.29) is 0 Å². The lowest BCUT2D eigenvalue weighted by Crippen LogP contribution is -2.26. The fourth-order valence-electron chi connectivity index (χ4n) is 12.9. The van der Waals surface area contributed by atoms with E-state index in [4.69, 9.17) is 8.83 Å². The molecule has 4 nitrogen and oxygen atoms in total. The second-order valence-electron chi connectivity index (χ2n) is 19.5. The summed E-state index contributed by atoms with van der Waals surface area (Å²) in [4.78, 5) is 4.75. The van der Waals surface area contributed by atoms with Gasteiger partial charge in [-0.2, -0.15) is 0 Å². The van der Waals surface area contributed by atoms with Crippen molar-refractivity contribution in [1.82, 2.24) is 0 Å². The molecule has 4 heteroatoms. The number of hydrogen-bond acceptors (Lipinski definition) is 4. The molecule has 0 N–H and O–H groups in total. The molecule has 340 valence electrons. The average Bonchev–Trinajstić information content (AvgIpc) is 4.20. The Morgan fingerprint density at radius 1 is 0.301 bits per heavy atom. The molecule has 0 fully saturated rings. The summed E-state index contributed by atoms with van der Waals surface area (Å²) in [6.45, 7) is 0. The van der Waals surface area contributed by atoms with Gasteiger partial charge in [-0.15, -0.1) is 0 Å². The van der Waals surface area contributed by atoms with E-state index in [1.165, 1.54) is 38.8 Å². The van der Waals surface area contributed by atoms with Crippen LogP contribution in [0, 0.1) is 0 Å². The van der Waals surface area contributed by atoms with Gasteiger partial charge >= 0.3 is 0 Å². The van der Waals surface area contributed by atoms with Gasteiger partial charge < -0.3 is 18.6 Å². The molecule has 73 heavy (non-hydrogen) atoms. The summed E-state index contributed by atoms with van der Waals surface area (Å²) in [6, 6.07) is 92.5. The van der Waals surface area contributed by atoms with Crippen molar-refractivity contribution in [3.63, 3.8) is 0 Å². The van der Waals surface area contributed by atoms with Crippen molar-refractivity contribution in [2.24, 2.45) is 0 Å². The second kappa shape index (κ2) is 15.2. The molecule has 12 aromatic carbocycles. The topological polar surface area (TPSA) is 32.8 Å². The van der Waals surface area contributed by atoms with E-state index in [1.807, 2.05) is 0 Å². The van der Waals surface area contributed by atoms with Crippen LogP contribution in [0.2, 0.25) is 0 Å². The number of fused-ring (bicyclic) bond motifs is 22. The second-order valence-corrected chi connectivity index (χ2v) is 19.5. The smallest absolute Gasteiger partial charge is 0.145 e. The number of anilines is 6. The molecule has 16 rings (SSSR count). The molecular weight excluding hydrogens is 889 g/mol. The zero-order valence-corrected chi connectivity index (χ0v) is 39.5. The third-order valence-corrected chi connectivity index (χ3v) is 15.7. The number of para-hydroxylation sites is 6. The molecule has 14 aromatic rings. The maximum Gasteiger partial charge on any atom is 0.145 e. The molecule has 2 heterocycles. The van der Waals surface area contributed by atoms with E-state index in [9.17, 15) is 0 Å². The maximum absolute atomic E-state index is 7.36. The van der Waals surface area contributed by atoms with Crippen LogP contribution in [-0.2, 0) is 5.41 Å². The Hall–Kier alpha value is -9.64. The molecule has 0 saturated carbocycles. The Labute approximate surface area is 420 Å². The number of rotatable bonds is 6. The molecule has 2 aliphatic carbocycles. The van der Waals surface area contributed by atoms with Gasteiger partial charge in [0.05, 0.1) is 16.5 Å². The molecule has 0 atom stereocenters. The summed E-state index contributed by atoms with van der Waals surface area (Å²) in [5, 5.41) is 8.84. The minimum atomic E-state index is -0.709. The van der Waals surface area contributed by atoms with E-state index in [1.54, 1.807) is 0 Å². The molecule has 0 unspecified atom stereocenters. The highest BCUT2D eigenvalue weighted by Gasteiger charge is 2.54. The SMILES string of the molecule is c1ccc(N(c2ccccc2)c2ccc3c4c(c5oc6ccccc6c5c3c2)-c2cc3c(cc2C42c4ccccc4-c4ccccc42)cc(N(c2ccccc2)c2ccccc2)c2c4ccccc4oc32)cc1. The zero-order chi connectivity index (χ0) is 47.8. The Morgan fingerprint density at radius 2 is 0.795 bits per heavy atom. The minimum Gasteiger partial charge on any atom is -0.455 e. The molecule has 2 aliphatic rings. The van der Waals surface area contributed by atoms with Crippen LogP contribution in [0.1, 0.15) is 22.3 Å². The normalized spacial score (nSPS) is 13.0. The third kappa shape index (κ3) is 5.49. The van der Waals surface area contributed by atoms with Gasteiger partial charge in [0.1, 0.15) is 22.3 Å². The summed E-state index contributed by atoms with van der Waals surface area (Å²) >= 11 is 0. The Bertz CT molecular complexity index is 4430. The number of hydrogen-bond donors (Lipinski definition) is 0. The molecule has 0 radical (unpaired) electrons. The van der Waals surface area contributed by atoms with Crippen LogP contribution in [0.15, 0.2) is 264 Å². The van der Waals surface area contributed by atoms with Gasteiger partial charge in [0.2, 0.25) is 0 Å². The summed E-state index contributed by atoms with van der Waals surface area (Å²) in [6.07, 6.45) is 0. The molecule has 0 amide bonds. The van der Waals surface area contributed by atoms with Crippen molar-refractivity contribution in [3.05, 3.63) is 277 Å². The lowest BCUT2D eigenvalue weighted by atomic mass is 9.69. The molecular formula is C69H42N2O2. The van der Waals surface area contributed by atoms with Crippen LogP contribution < -0.4 is 9.80 Å². The van der Waals surface area contributed by atoms with Gasteiger partial charge in [-0.05, 0) is 146 Å². The Morgan fingerprint density at radius 3 is 1.38 bits per heavy atom. The van der Waals surface area contributed by atoms with Gasteiger partial charge in [0.25, 0.3) is 0 Å². The predicted molar refractivity (Wildman–Crippen MR) is 302 cm³/mol. The van der Waals surface area contributed by atoms with E-state index >= 15 is 0 Å². The predicted octanol–water partition coefficient (Wildman–Crippen LogP) is 19.1. The van der Waals surface area contributed by atoms with Crippen molar-refractivity contribution in [2.75, 3.05) is 9.80 Å². The fraction of sp³-hybridized carbons (Fsp3) is 0.0145. The average molecular weight is 931 g/mol. The number of nitrogens with zero attached hydrogens (tertiary/aromatic N) is 2. The molecule has 0 saturated heterocycles. The van der Waals surface area contributed by atoms with Gasteiger partial charge in [-0.3, -0.25) is 0 Å². The highest BCUT2D eigenvalue weighted by Crippen LogP contribution is 2.67. The molecule has 1 spiro atoms. The van der Waals surface area contributed by atoms with Crippen LogP contribution in [0.3, 0.4) is 0 Å². The monoisotopic (exact) mass is 930 g/mol. The first-order valence-electron chi connectivity index (χ1n) is 25.1. The summed E-state index contributed by atoms with van der Waals surface area (Å²) in [7, 11) is 0. The van der Waals surface area contributed by atoms with E-state index in [2.05, 4.69) is 265 Å². The summed E-state index contributed by atoms with van der Waals surface area (Å²) in [5.74, 6) is 0. The Balaban J connectivity index is 1.08. The van der Waals surface area contributed by atoms with E-state index in [0.29, 0.717) is 0 Å². The van der Waals surface area contributed by atoms with Crippen molar-refractivity contribution < 1.29 is 8.83 Å². The highest BCUT2D eigenvalue weighted by molar-refractivity contribution is 6.28. The standard InChI is InChI=1S/C69H42N2O2/c1-5-21-44(22-6-1)70(45-23-7-2-8-24-45)48-37-38-51-55(41-48)63-52-31-15-19-35-61(52)73-68(63)65-56-42-54-43(39-59(56)69(66(51)65)57-33-17-13-29-49(57)50-30-14-18-34-58(50)69)40-60(64-53-32-16-20-36-62(53)72-67(54)64)71(46-25-9-3-10-26-46)47-27-11-4-12-28-47/h1-42H. The first kappa shape index (κ1) is 40.1. The first-order valence-corrected chi connectivity index (χ1v) is 25.1. The summed E-state index contributed by atoms with van der Waals surface area (Å²) < 4.78 is 14.5. The van der Waals surface area contributed by atoms with Crippen molar-refractivity contribution >= 4 is 99.5 Å². The van der Waals surface area contributed by atoms with Gasteiger partial charge in [0.15, 0.2) is 0 Å². The largest absolute Gasteiger partial charge is 0.455 e. The summed E-state index contributed by atoms with van der Waals surface area (Å²) in [5.41, 5.74) is 19.0. The fourth-order valence-corrected chi connectivity index (χ4v) is 12.9.